The molecule has 29 heavy (non-hydrogen) atoms. The zero-order chi connectivity index (χ0) is 21.1. The first-order valence-corrected chi connectivity index (χ1v) is 10.3. The smallest absolute Gasteiger partial charge is 0.253 e. The summed E-state index contributed by atoms with van der Waals surface area (Å²) in [4.78, 5) is 14.6. The van der Waals surface area contributed by atoms with Crippen molar-refractivity contribution >= 4 is 40.7 Å². The first-order valence-electron chi connectivity index (χ1n) is 9.13. The molecule has 1 atom stereocenters. The second-order valence-corrected chi connectivity index (χ2v) is 8.07. The van der Waals surface area contributed by atoms with Crippen LogP contribution in [0.3, 0.4) is 0 Å². The van der Waals surface area contributed by atoms with E-state index < -0.39 is 6.04 Å². The van der Waals surface area contributed by atoms with Gasteiger partial charge in [0.25, 0.3) is 5.91 Å². The van der Waals surface area contributed by atoms with Gasteiger partial charge in [-0.15, -0.1) is 0 Å². The van der Waals surface area contributed by atoms with E-state index in [1.165, 1.54) is 0 Å². The van der Waals surface area contributed by atoms with E-state index in [-0.39, 0.29) is 17.2 Å². The van der Waals surface area contributed by atoms with Crippen molar-refractivity contribution in [1.82, 2.24) is 10.2 Å². The third-order valence-electron chi connectivity index (χ3n) is 4.97. The average Bonchev–Trinajstić information content (AvgIpc) is 2.92. The summed E-state index contributed by atoms with van der Waals surface area (Å²) in [6.07, 6.45) is 1.45. The number of aliphatic hydroxyl groups is 1. The number of aryl methyl sites for hydroxylation is 1. The van der Waals surface area contributed by atoms with Gasteiger partial charge in [-0.25, -0.2) is 0 Å². The van der Waals surface area contributed by atoms with Crippen LogP contribution < -0.4 is 5.32 Å². The highest BCUT2D eigenvalue weighted by Gasteiger charge is 2.38. The number of rotatable bonds is 6. The Kier molecular flexibility index (Phi) is 6.78. The van der Waals surface area contributed by atoms with E-state index in [0.717, 1.165) is 17.5 Å². The van der Waals surface area contributed by atoms with Gasteiger partial charge >= 0.3 is 0 Å². The van der Waals surface area contributed by atoms with Gasteiger partial charge in [-0.05, 0) is 42.2 Å². The highest BCUT2D eigenvalue weighted by atomic mass is 35.5. The number of hydrogen-bond acceptors (Lipinski definition) is 3. The number of benzene rings is 2. The van der Waals surface area contributed by atoms with E-state index in [0.29, 0.717) is 33.7 Å². The number of carbonyl (C=O) groups excluding carboxylic acids is 1. The van der Waals surface area contributed by atoms with Crippen molar-refractivity contribution in [3.8, 4) is 0 Å². The molecule has 2 aromatic carbocycles. The average molecular weight is 452 g/mol. The number of carbonyl (C=O) groups is 1. The lowest BCUT2D eigenvalue weighted by Gasteiger charge is -2.25. The fraction of sp³-hybridized carbons (Fsp3) is 0.227. The summed E-state index contributed by atoms with van der Waals surface area (Å²) in [6, 6.07) is 12.3. The molecule has 0 aromatic heterocycles. The minimum Gasteiger partial charge on any atom is -0.505 e. The van der Waals surface area contributed by atoms with Crippen LogP contribution in [-0.4, -0.2) is 29.5 Å². The quantitative estimate of drug-likeness (QED) is 0.553. The number of hydrogen-bond donors (Lipinski definition) is 2. The van der Waals surface area contributed by atoms with Gasteiger partial charge in [-0.3, -0.25) is 4.79 Å². The van der Waals surface area contributed by atoms with Crippen LogP contribution in [0.25, 0.3) is 0 Å². The maximum atomic E-state index is 12.9. The number of halogens is 3. The lowest BCUT2D eigenvalue weighted by Crippen LogP contribution is -2.31. The van der Waals surface area contributed by atoms with E-state index in [1.807, 2.05) is 30.3 Å². The lowest BCUT2D eigenvalue weighted by molar-refractivity contribution is -0.118. The van der Waals surface area contributed by atoms with E-state index in [1.54, 1.807) is 24.1 Å². The highest BCUT2D eigenvalue weighted by molar-refractivity contribution is 6.42. The largest absolute Gasteiger partial charge is 0.505 e. The SMILES string of the molecule is C=C1C(O)=C(C(=O)NCCCc2ccc(Cl)c(Cl)c2)C(c2ccccc2Cl)N1C. The summed E-state index contributed by atoms with van der Waals surface area (Å²) in [7, 11) is 1.77. The van der Waals surface area contributed by atoms with Crippen LogP contribution in [0.4, 0.5) is 0 Å². The Bertz CT molecular complexity index is 988. The standard InChI is InChI=1S/C22H21Cl3N2O2/c1-13-21(28)19(20(27(13)2)15-7-3-4-8-16(15)23)22(29)26-11-5-6-14-9-10-17(24)18(25)12-14/h3-4,7-10,12,20,28H,1,5-6,11H2,2H3,(H,26,29). The number of amides is 1. The molecule has 2 N–H and O–H groups in total. The van der Waals surface area contributed by atoms with Crippen molar-refractivity contribution in [3.05, 3.63) is 92.3 Å². The van der Waals surface area contributed by atoms with Crippen LogP contribution >= 0.6 is 34.8 Å². The lowest BCUT2D eigenvalue weighted by atomic mass is 9.98. The topological polar surface area (TPSA) is 52.6 Å². The Morgan fingerprint density at radius 3 is 2.55 bits per heavy atom. The van der Waals surface area contributed by atoms with Gasteiger partial charge in [0, 0.05) is 18.6 Å². The molecule has 0 radical (unpaired) electrons. The van der Waals surface area contributed by atoms with Crippen molar-refractivity contribution in [2.75, 3.05) is 13.6 Å². The minimum absolute atomic E-state index is 0.112. The summed E-state index contributed by atoms with van der Waals surface area (Å²) in [5, 5.41) is 15.0. The molecule has 2 aromatic rings. The molecule has 3 rings (SSSR count). The van der Waals surface area contributed by atoms with Gasteiger partial charge in [0.2, 0.25) is 0 Å². The molecular formula is C22H21Cl3N2O2. The fourth-order valence-electron chi connectivity index (χ4n) is 3.38. The number of aliphatic hydroxyl groups excluding tert-OH is 1. The fourth-order valence-corrected chi connectivity index (χ4v) is 3.94. The van der Waals surface area contributed by atoms with Crippen molar-refractivity contribution < 1.29 is 9.90 Å². The predicted molar refractivity (Wildman–Crippen MR) is 119 cm³/mol. The van der Waals surface area contributed by atoms with Gasteiger partial charge in [0.05, 0.1) is 27.4 Å². The Morgan fingerprint density at radius 1 is 1.14 bits per heavy atom. The second kappa shape index (κ2) is 9.12. The van der Waals surface area contributed by atoms with E-state index in [4.69, 9.17) is 34.8 Å². The molecule has 1 aliphatic heterocycles. The molecule has 1 aliphatic rings. The molecule has 1 unspecified atom stereocenters. The maximum Gasteiger partial charge on any atom is 0.253 e. The van der Waals surface area contributed by atoms with Crippen LogP contribution in [0.5, 0.6) is 0 Å². The molecule has 0 fully saturated rings. The Hall–Kier alpha value is -2.14. The van der Waals surface area contributed by atoms with Gasteiger partial charge in [0.1, 0.15) is 5.76 Å². The Labute approximate surface area is 185 Å². The van der Waals surface area contributed by atoms with Crippen molar-refractivity contribution in [3.63, 3.8) is 0 Å². The Morgan fingerprint density at radius 2 is 1.86 bits per heavy atom. The molecule has 0 spiro atoms. The molecule has 152 valence electrons. The molecule has 0 saturated carbocycles. The number of nitrogens with one attached hydrogen (secondary N) is 1. The summed E-state index contributed by atoms with van der Waals surface area (Å²) in [6.45, 7) is 4.32. The van der Waals surface area contributed by atoms with E-state index in [9.17, 15) is 9.90 Å². The Balaban J connectivity index is 1.68. The van der Waals surface area contributed by atoms with Gasteiger partial charge in [-0.2, -0.15) is 0 Å². The summed E-state index contributed by atoms with van der Waals surface area (Å²) < 4.78 is 0. The van der Waals surface area contributed by atoms with Crippen molar-refractivity contribution in [1.29, 1.82) is 0 Å². The molecule has 7 heteroatoms. The monoisotopic (exact) mass is 450 g/mol. The summed E-state index contributed by atoms with van der Waals surface area (Å²) >= 11 is 18.3. The summed E-state index contributed by atoms with van der Waals surface area (Å²) in [5.74, 6) is -0.452. The van der Waals surface area contributed by atoms with Crippen molar-refractivity contribution in [2.45, 2.75) is 18.9 Å². The van der Waals surface area contributed by atoms with Crippen molar-refractivity contribution in [2.24, 2.45) is 0 Å². The molecular weight excluding hydrogens is 431 g/mol. The van der Waals surface area contributed by atoms with E-state index in [2.05, 4.69) is 11.9 Å². The molecule has 0 bridgehead atoms. The van der Waals surface area contributed by atoms with Gasteiger partial charge in [0.15, 0.2) is 0 Å². The maximum absolute atomic E-state index is 12.9. The predicted octanol–water partition coefficient (Wildman–Crippen LogP) is 5.71. The number of likely N-dealkylation sites (N-methyl/N-ethyl adjacent to an activating group) is 1. The van der Waals surface area contributed by atoms with Crippen LogP contribution in [0, 0.1) is 0 Å². The molecule has 4 nitrogen and oxygen atoms in total. The third kappa shape index (κ3) is 4.55. The molecule has 0 aliphatic carbocycles. The van der Waals surface area contributed by atoms with Gasteiger partial charge in [-0.1, -0.05) is 65.6 Å². The van der Waals surface area contributed by atoms with Crippen LogP contribution in [-0.2, 0) is 11.2 Å². The zero-order valence-electron chi connectivity index (χ0n) is 15.9. The second-order valence-electron chi connectivity index (χ2n) is 6.85. The normalized spacial score (nSPS) is 16.5. The number of nitrogens with zero attached hydrogens (tertiary/aromatic N) is 1. The first kappa shape index (κ1) is 21.6. The molecule has 1 heterocycles. The van der Waals surface area contributed by atoms with E-state index >= 15 is 0 Å². The third-order valence-corrected chi connectivity index (χ3v) is 6.05. The van der Waals surface area contributed by atoms with Crippen LogP contribution in [0.15, 0.2) is 66.1 Å². The minimum atomic E-state index is -0.494. The van der Waals surface area contributed by atoms with Crippen LogP contribution in [0.1, 0.15) is 23.6 Å². The highest BCUT2D eigenvalue weighted by Crippen LogP contribution is 2.42. The molecule has 1 amide bonds. The van der Waals surface area contributed by atoms with Gasteiger partial charge < -0.3 is 15.3 Å². The molecule has 0 saturated heterocycles. The zero-order valence-corrected chi connectivity index (χ0v) is 18.2. The first-order chi connectivity index (χ1) is 13.8. The van der Waals surface area contributed by atoms with Crippen LogP contribution in [0.2, 0.25) is 15.1 Å². The summed E-state index contributed by atoms with van der Waals surface area (Å²) in [5.41, 5.74) is 2.41.